The van der Waals surface area contributed by atoms with Gasteiger partial charge in [-0.05, 0) is 24.3 Å². The minimum absolute atomic E-state index is 0.164. The van der Waals surface area contributed by atoms with Crippen LogP contribution in [0, 0.1) is 0 Å². The van der Waals surface area contributed by atoms with Crippen LogP contribution in [0.2, 0.25) is 0 Å². The SMILES string of the molecule is O=C(c1cccnc1)N1Cc2nc3cc(-c4ccccn4)[nH]n3c(=O)c2C1. The maximum Gasteiger partial charge on any atom is 0.278 e. The Labute approximate surface area is 153 Å². The molecule has 4 aromatic heterocycles. The first-order chi connectivity index (χ1) is 13.2. The van der Waals surface area contributed by atoms with Gasteiger partial charge in [0.25, 0.3) is 11.5 Å². The molecule has 0 aromatic carbocycles. The number of carbonyl (C=O) groups excluding carboxylic acids is 1. The summed E-state index contributed by atoms with van der Waals surface area (Å²) in [5, 5.41) is 3.05. The molecule has 5 heterocycles. The molecule has 5 rings (SSSR count). The molecule has 8 heteroatoms. The Kier molecular flexibility index (Phi) is 3.36. The van der Waals surface area contributed by atoms with Crippen molar-refractivity contribution in [2.24, 2.45) is 0 Å². The number of nitrogens with one attached hydrogen (secondary N) is 1. The molecule has 0 unspecified atom stereocenters. The number of pyridine rings is 2. The molecule has 0 aliphatic carbocycles. The lowest BCUT2D eigenvalue weighted by molar-refractivity contribution is 0.0750. The van der Waals surface area contributed by atoms with E-state index in [1.807, 2.05) is 18.2 Å². The van der Waals surface area contributed by atoms with Crippen LogP contribution in [0.1, 0.15) is 21.6 Å². The molecule has 0 fully saturated rings. The second kappa shape index (κ2) is 5.87. The van der Waals surface area contributed by atoms with Crippen molar-refractivity contribution in [3.05, 3.63) is 82.2 Å². The van der Waals surface area contributed by atoms with Crippen LogP contribution in [-0.2, 0) is 13.1 Å². The fraction of sp³-hybridized carbons (Fsp3) is 0.105. The zero-order valence-corrected chi connectivity index (χ0v) is 14.2. The summed E-state index contributed by atoms with van der Waals surface area (Å²) >= 11 is 0. The van der Waals surface area contributed by atoms with Crippen molar-refractivity contribution < 1.29 is 4.79 Å². The van der Waals surface area contributed by atoms with Crippen LogP contribution in [0.5, 0.6) is 0 Å². The van der Waals surface area contributed by atoms with Gasteiger partial charge in [0.15, 0.2) is 5.65 Å². The van der Waals surface area contributed by atoms with Crippen LogP contribution >= 0.6 is 0 Å². The molecular formula is C19H14N6O2. The number of hydrogen-bond donors (Lipinski definition) is 1. The van der Waals surface area contributed by atoms with Crippen LogP contribution in [0.4, 0.5) is 0 Å². The summed E-state index contributed by atoms with van der Waals surface area (Å²) in [4.78, 5) is 40.0. The summed E-state index contributed by atoms with van der Waals surface area (Å²) < 4.78 is 1.40. The maximum absolute atomic E-state index is 12.9. The van der Waals surface area contributed by atoms with E-state index in [1.165, 1.54) is 10.7 Å². The molecule has 0 saturated heterocycles. The molecule has 27 heavy (non-hydrogen) atoms. The van der Waals surface area contributed by atoms with Gasteiger partial charge in [0.1, 0.15) is 0 Å². The Morgan fingerprint density at radius 1 is 1.11 bits per heavy atom. The Morgan fingerprint density at radius 2 is 2.04 bits per heavy atom. The lowest BCUT2D eigenvalue weighted by Gasteiger charge is -2.14. The number of H-pyrrole nitrogens is 1. The molecule has 0 radical (unpaired) electrons. The van der Waals surface area contributed by atoms with E-state index in [4.69, 9.17) is 0 Å². The van der Waals surface area contributed by atoms with Crippen molar-refractivity contribution in [1.29, 1.82) is 0 Å². The van der Waals surface area contributed by atoms with Gasteiger partial charge in [0.2, 0.25) is 0 Å². The number of aromatic amines is 1. The average Bonchev–Trinajstić information content (AvgIpc) is 3.34. The third-order valence-electron chi connectivity index (χ3n) is 4.62. The number of carbonyl (C=O) groups is 1. The fourth-order valence-electron chi connectivity index (χ4n) is 3.29. The maximum atomic E-state index is 12.9. The summed E-state index contributed by atoms with van der Waals surface area (Å²) in [5.74, 6) is -0.164. The minimum Gasteiger partial charge on any atom is -0.328 e. The van der Waals surface area contributed by atoms with E-state index in [9.17, 15) is 9.59 Å². The van der Waals surface area contributed by atoms with Gasteiger partial charge >= 0.3 is 0 Å². The third kappa shape index (κ3) is 2.50. The Morgan fingerprint density at radius 3 is 2.81 bits per heavy atom. The predicted molar refractivity (Wildman–Crippen MR) is 96.9 cm³/mol. The Balaban J connectivity index is 1.52. The minimum atomic E-state index is -0.196. The smallest absolute Gasteiger partial charge is 0.278 e. The highest BCUT2D eigenvalue weighted by Crippen LogP contribution is 2.22. The summed E-state index contributed by atoms with van der Waals surface area (Å²) in [5.41, 5.74) is 3.41. The lowest BCUT2D eigenvalue weighted by Crippen LogP contribution is -2.26. The molecule has 1 aliphatic heterocycles. The highest BCUT2D eigenvalue weighted by atomic mass is 16.2. The topological polar surface area (TPSA) is 96.2 Å². The summed E-state index contributed by atoms with van der Waals surface area (Å²) in [6.07, 6.45) is 4.83. The van der Waals surface area contributed by atoms with Crippen molar-refractivity contribution in [2.75, 3.05) is 0 Å². The lowest BCUT2D eigenvalue weighted by atomic mass is 10.2. The van der Waals surface area contributed by atoms with Crippen LogP contribution < -0.4 is 5.56 Å². The van der Waals surface area contributed by atoms with Gasteiger partial charge in [-0.3, -0.25) is 24.7 Å². The molecule has 4 aromatic rings. The molecule has 0 atom stereocenters. The quantitative estimate of drug-likeness (QED) is 0.588. The van der Waals surface area contributed by atoms with Crippen LogP contribution in [-0.4, -0.2) is 35.4 Å². The van der Waals surface area contributed by atoms with Gasteiger partial charge < -0.3 is 4.90 Å². The van der Waals surface area contributed by atoms with Gasteiger partial charge in [0, 0.05) is 24.7 Å². The van der Waals surface area contributed by atoms with E-state index < -0.39 is 0 Å². The van der Waals surface area contributed by atoms with Gasteiger partial charge in [-0.1, -0.05) is 6.07 Å². The molecule has 1 amide bonds. The van der Waals surface area contributed by atoms with Crippen molar-refractivity contribution in [3.63, 3.8) is 0 Å². The van der Waals surface area contributed by atoms with Crippen molar-refractivity contribution in [2.45, 2.75) is 13.1 Å². The van der Waals surface area contributed by atoms with E-state index in [0.29, 0.717) is 34.7 Å². The van der Waals surface area contributed by atoms with Gasteiger partial charge in [-0.25, -0.2) is 9.50 Å². The zero-order valence-electron chi connectivity index (χ0n) is 14.2. The van der Waals surface area contributed by atoms with Crippen LogP contribution in [0.25, 0.3) is 17.0 Å². The first-order valence-electron chi connectivity index (χ1n) is 8.45. The normalized spacial score (nSPS) is 13.1. The molecule has 1 aliphatic rings. The summed E-state index contributed by atoms with van der Waals surface area (Å²) in [6.45, 7) is 0.536. The average molecular weight is 358 g/mol. The first-order valence-corrected chi connectivity index (χ1v) is 8.45. The zero-order chi connectivity index (χ0) is 18.4. The van der Waals surface area contributed by atoms with E-state index in [1.54, 1.807) is 35.5 Å². The second-order valence-electron chi connectivity index (χ2n) is 6.32. The third-order valence-corrected chi connectivity index (χ3v) is 4.62. The Hall–Kier alpha value is -3.81. The molecule has 132 valence electrons. The molecule has 8 nitrogen and oxygen atoms in total. The second-order valence-corrected chi connectivity index (χ2v) is 6.32. The number of rotatable bonds is 2. The number of nitrogens with zero attached hydrogens (tertiary/aromatic N) is 5. The number of fused-ring (bicyclic) bond motifs is 2. The van der Waals surface area contributed by atoms with Crippen LogP contribution in [0.15, 0.2) is 59.8 Å². The van der Waals surface area contributed by atoms with Crippen molar-refractivity contribution in [1.82, 2.24) is 29.5 Å². The number of amides is 1. The highest BCUT2D eigenvalue weighted by Gasteiger charge is 2.29. The number of hydrogen-bond acceptors (Lipinski definition) is 5. The monoisotopic (exact) mass is 358 g/mol. The number of aromatic nitrogens is 5. The predicted octanol–water partition coefficient (Wildman–Crippen LogP) is 1.64. The standard InChI is InChI=1S/C19H14N6O2/c26-18(12-4-3-6-20-9-12)24-10-13-16(11-24)22-17-8-15(23-25(17)19(13)27)14-5-1-2-7-21-14/h1-9,23H,10-11H2. The van der Waals surface area contributed by atoms with Crippen molar-refractivity contribution >= 4 is 11.6 Å². The Bertz CT molecular complexity index is 1210. The molecule has 0 spiro atoms. The van der Waals surface area contributed by atoms with E-state index >= 15 is 0 Å². The van der Waals surface area contributed by atoms with Crippen molar-refractivity contribution in [3.8, 4) is 11.4 Å². The van der Waals surface area contributed by atoms with E-state index in [-0.39, 0.29) is 18.0 Å². The van der Waals surface area contributed by atoms with E-state index in [0.717, 1.165) is 5.69 Å². The fourth-order valence-corrected chi connectivity index (χ4v) is 3.29. The van der Waals surface area contributed by atoms with Gasteiger partial charge in [-0.15, -0.1) is 0 Å². The molecular weight excluding hydrogens is 344 g/mol. The van der Waals surface area contributed by atoms with E-state index in [2.05, 4.69) is 20.1 Å². The summed E-state index contributed by atoms with van der Waals surface area (Å²) in [7, 11) is 0. The summed E-state index contributed by atoms with van der Waals surface area (Å²) in [6, 6.07) is 10.8. The first kappa shape index (κ1) is 15.4. The molecule has 0 saturated carbocycles. The largest absolute Gasteiger partial charge is 0.328 e. The molecule has 0 bridgehead atoms. The molecule has 1 N–H and O–H groups in total. The van der Waals surface area contributed by atoms with Gasteiger partial charge in [-0.2, -0.15) is 0 Å². The highest BCUT2D eigenvalue weighted by molar-refractivity contribution is 5.94. The van der Waals surface area contributed by atoms with Crippen LogP contribution in [0.3, 0.4) is 0 Å². The van der Waals surface area contributed by atoms with Gasteiger partial charge in [0.05, 0.1) is 41.3 Å².